The van der Waals surface area contributed by atoms with E-state index in [-0.39, 0.29) is 17.3 Å². The Labute approximate surface area is 279 Å². The summed E-state index contributed by atoms with van der Waals surface area (Å²) >= 11 is 0. The van der Waals surface area contributed by atoms with Crippen molar-refractivity contribution >= 4 is 55.6 Å². The van der Waals surface area contributed by atoms with E-state index in [4.69, 9.17) is 0 Å². The van der Waals surface area contributed by atoms with Crippen molar-refractivity contribution in [2.24, 2.45) is 0 Å². The molecule has 6 aromatic carbocycles. The Hall–Kier alpha value is -3.43. The first-order chi connectivity index (χ1) is 22.6. The van der Waals surface area contributed by atoms with Crippen molar-refractivity contribution in [2.75, 3.05) is 0 Å². The van der Waals surface area contributed by atoms with Crippen molar-refractivity contribution in [2.45, 2.75) is 38.1 Å². The molecule has 1 nitrogen and oxygen atoms in total. The quantitative estimate of drug-likeness (QED) is 0.120. The highest BCUT2D eigenvalue weighted by atomic mass is 31.1. The molecule has 46 heavy (non-hydrogen) atoms. The molecule has 0 aromatic heterocycles. The van der Waals surface area contributed by atoms with E-state index < -0.39 is 23.8 Å². The monoisotopic (exact) mass is 653 g/mol. The molecule has 3 unspecified atom stereocenters. The van der Waals surface area contributed by atoms with E-state index in [0.29, 0.717) is 0 Å². The maximum atomic E-state index is 2.93. The summed E-state index contributed by atoms with van der Waals surface area (Å²) in [6.45, 7) is 7.52. The van der Waals surface area contributed by atoms with E-state index in [1.807, 2.05) is 0 Å². The van der Waals surface area contributed by atoms with Crippen molar-refractivity contribution in [3.05, 3.63) is 182 Å². The molecule has 0 radical (unpaired) electrons. The third-order valence-corrected chi connectivity index (χ3v) is 16.8. The molecule has 6 aromatic rings. The van der Waals surface area contributed by atoms with Gasteiger partial charge < -0.3 is 0 Å². The fraction of sp³-hybridized carbons (Fsp3) is 0.143. The smallest absolute Gasteiger partial charge is 0.0363 e. The number of rotatable bonds is 12. The molecule has 0 heterocycles. The van der Waals surface area contributed by atoms with Crippen LogP contribution in [0, 0.1) is 0 Å². The zero-order valence-corrected chi connectivity index (χ0v) is 29.5. The highest BCUT2D eigenvalue weighted by Gasteiger charge is 2.39. The van der Waals surface area contributed by atoms with Crippen LogP contribution in [0.15, 0.2) is 182 Å². The second kappa shape index (κ2) is 15.9. The highest BCUT2D eigenvalue weighted by molar-refractivity contribution is 7.75. The van der Waals surface area contributed by atoms with Crippen LogP contribution in [-0.2, 0) is 0 Å². The van der Waals surface area contributed by atoms with Gasteiger partial charge in [-0.25, -0.2) is 0 Å². The molecule has 0 saturated carbocycles. The first-order valence-corrected chi connectivity index (χ1v) is 20.3. The zero-order chi connectivity index (χ0) is 31.7. The fourth-order valence-corrected chi connectivity index (χ4v) is 15.4. The molecule has 3 atom stereocenters. The van der Waals surface area contributed by atoms with Crippen LogP contribution in [0.25, 0.3) is 0 Å². The highest BCUT2D eigenvalue weighted by Crippen LogP contribution is 2.53. The Morgan fingerprint density at radius 2 is 0.435 bits per heavy atom. The van der Waals surface area contributed by atoms with Gasteiger partial charge in [-0.05, 0) is 76.4 Å². The number of benzene rings is 6. The van der Waals surface area contributed by atoms with E-state index in [9.17, 15) is 0 Å². The lowest BCUT2D eigenvalue weighted by molar-refractivity contribution is 0.245. The Balaban J connectivity index is 1.55. The minimum Gasteiger partial charge on any atom is -0.282 e. The molecule has 0 spiro atoms. The van der Waals surface area contributed by atoms with Gasteiger partial charge >= 0.3 is 0 Å². The summed E-state index contributed by atoms with van der Waals surface area (Å²) < 4.78 is 0. The van der Waals surface area contributed by atoms with Gasteiger partial charge in [0.25, 0.3) is 0 Å². The first-order valence-electron chi connectivity index (χ1n) is 16.1. The summed E-state index contributed by atoms with van der Waals surface area (Å²) in [6.07, 6.45) is 0. The predicted octanol–water partition coefficient (Wildman–Crippen LogP) is 8.73. The fourth-order valence-electron chi connectivity index (χ4n) is 6.61. The standard InChI is InChI=1S/C42H42NP3/c1-34(44(37-22-10-4-11-23-37)38-24-12-5-13-25-38)43(35(2)45(39-26-14-6-15-27-39)40-28-16-7-17-29-40)36(3)46(41-30-18-8-19-31-41)42-32-20-9-21-33-42/h4-36H,1-3H3. The average molecular weight is 654 g/mol. The Morgan fingerprint density at radius 3 is 0.587 bits per heavy atom. The molecule has 0 bridgehead atoms. The van der Waals surface area contributed by atoms with E-state index in [1.54, 1.807) is 0 Å². The second-order valence-corrected chi connectivity index (χ2v) is 19.0. The second-order valence-electron chi connectivity index (χ2n) is 11.5. The van der Waals surface area contributed by atoms with Crippen molar-refractivity contribution < 1.29 is 0 Å². The largest absolute Gasteiger partial charge is 0.282 e. The van der Waals surface area contributed by atoms with Gasteiger partial charge in [0.1, 0.15) is 0 Å². The third-order valence-electron chi connectivity index (χ3n) is 8.62. The minimum atomic E-state index is -0.695. The maximum absolute atomic E-state index is 2.93. The van der Waals surface area contributed by atoms with Crippen molar-refractivity contribution in [3.63, 3.8) is 0 Å². The molecule has 4 heteroatoms. The Morgan fingerprint density at radius 1 is 0.283 bits per heavy atom. The zero-order valence-electron chi connectivity index (χ0n) is 26.8. The van der Waals surface area contributed by atoms with Gasteiger partial charge in [0, 0.05) is 17.3 Å². The summed E-state index contributed by atoms with van der Waals surface area (Å²) in [7, 11) is -2.08. The van der Waals surface area contributed by atoms with E-state index in [0.717, 1.165) is 0 Å². The predicted molar refractivity (Wildman–Crippen MR) is 207 cm³/mol. The van der Waals surface area contributed by atoms with Crippen molar-refractivity contribution in [1.29, 1.82) is 0 Å². The van der Waals surface area contributed by atoms with Gasteiger partial charge in [0.05, 0.1) is 0 Å². The molecule has 0 amide bonds. The van der Waals surface area contributed by atoms with E-state index in [2.05, 4.69) is 208 Å². The molecule has 6 rings (SSSR count). The lowest BCUT2D eigenvalue weighted by atomic mass is 10.4. The van der Waals surface area contributed by atoms with Crippen LogP contribution in [0.1, 0.15) is 20.8 Å². The van der Waals surface area contributed by atoms with Crippen LogP contribution in [0.3, 0.4) is 0 Å². The van der Waals surface area contributed by atoms with E-state index >= 15 is 0 Å². The van der Waals surface area contributed by atoms with Gasteiger partial charge in [-0.15, -0.1) is 0 Å². The number of nitrogens with zero attached hydrogens (tertiary/aromatic N) is 1. The van der Waals surface area contributed by atoms with Crippen LogP contribution >= 0.6 is 23.8 Å². The van der Waals surface area contributed by atoms with Crippen molar-refractivity contribution in [3.8, 4) is 0 Å². The normalized spacial score (nSPS) is 13.6. The SMILES string of the molecule is CC(N(C(C)P(c1ccccc1)c1ccccc1)C(C)P(c1ccccc1)c1ccccc1)P(c1ccccc1)c1ccccc1. The maximum Gasteiger partial charge on any atom is 0.0363 e. The van der Waals surface area contributed by atoms with Crippen LogP contribution in [0.4, 0.5) is 0 Å². The molecular formula is C42H42NP3. The van der Waals surface area contributed by atoms with Crippen LogP contribution in [0.5, 0.6) is 0 Å². The first kappa shape index (κ1) is 32.5. The van der Waals surface area contributed by atoms with Gasteiger partial charge in [-0.3, -0.25) is 4.90 Å². The lowest BCUT2D eigenvalue weighted by Gasteiger charge is -2.48. The summed E-state index contributed by atoms with van der Waals surface area (Å²) in [6, 6.07) is 67.5. The Bertz CT molecular complexity index is 1410. The molecule has 230 valence electrons. The Kier molecular flexibility index (Phi) is 11.2. The topological polar surface area (TPSA) is 3.24 Å². The molecular weight excluding hydrogens is 611 g/mol. The van der Waals surface area contributed by atoms with Gasteiger partial charge in [0.15, 0.2) is 0 Å². The van der Waals surface area contributed by atoms with Crippen LogP contribution in [0.2, 0.25) is 0 Å². The van der Waals surface area contributed by atoms with Gasteiger partial charge in [-0.1, -0.05) is 182 Å². The molecule has 0 N–H and O–H groups in total. The number of hydrogen-bond acceptors (Lipinski definition) is 1. The van der Waals surface area contributed by atoms with Crippen LogP contribution in [-0.4, -0.2) is 22.2 Å². The molecule has 0 aliphatic carbocycles. The molecule has 0 fully saturated rings. The van der Waals surface area contributed by atoms with Crippen LogP contribution < -0.4 is 31.8 Å². The average Bonchev–Trinajstić information content (AvgIpc) is 3.12. The lowest BCUT2D eigenvalue weighted by Crippen LogP contribution is -2.49. The molecule has 0 saturated heterocycles. The molecule has 0 aliphatic rings. The summed E-state index contributed by atoms with van der Waals surface area (Å²) in [5.41, 5.74) is 0. The van der Waals surface area contributed by atoms with Crippen molar-refractivity contribution in [1.82, 2.24) is 4.90 Å². The summed E-state index contributed by atoms with van der Waals surface area (Å²) in [5.74, 6) is 0.832. The minimum absolute atomic E-state index is 0.277. The molecule has 0 aliphatic heterocycles. The van der Waals surface area contributed by atoms with Gasteiger partial charge in [-0.2, -0.15) is 0 Å². The summed E-state index contributed by atoms with van der Waals surface area (Å²) in [4.78, 5) is 2.93. The summed E-state index contributed by atoms with van der Waals surface area (Å²) in [5, 5.41) is 8.54. The van der Waals surface area contributed by atoms with E-state index in [1.165, 1.54) is 31.8 Å². The number of hydrogen-bond donors (Lipinski definition) is 0. The third kappa shape index (κ3) is 7.41. The van der Waals surface area contributed by atoms with Gasteiger partial charge in [0.2, 0.25) is 0 Å².